The molecule has 0 heterocycles. The van der Waals surface area contributed by atoms with Crippen LogP contribution in [0.4, 0.5) is 0 Å². The number of amides is 2. The van der Waals surface area contributed by atoms with Crippen LogP contribution in [0.25, 0.3) is 0 Å². The molecule has 2 aromatic rings. The Hall–Kier alpha value is -3.24. The summed E-state index contributed by atoms with van der Waals surface area (Å²) in [5, 5.41) is 2.09. The third-order valence-corrected chi connectivity index (χ3v) is 5.02. The van der Waals surface area contributed by atoms with Crippen molar-refractivity contribution in [3.05, 3.63) is 59.7 Å². The molecule has 2 amide bonds. The maximum atomic E-state index is 12.1. The van der Waals surface area contributed by atoms with Gasteiger partial charge in [0.25, 0.3) is 11.8 Å². The van der Waals surface area contributed by atoms with E-state index in [2.05, 4.69) is 10.0 Å². The fourth-order valence-corrected chi connectivity index (χ4v) is 3.08. The van der Waals surface area contributed by atoms with Crippen molar-refractivity contribution < 1.29 is 32.3 Å². The number of methoxy groups -OCH3 is 1. The largest absolute Gasteiger partial charge is 0.495 e. The zero-order chi connectivity index (χ0) is 20.7. The van der Waals surface area contributed by atoms with Crippen LogP contribution >= 0.6 is 0 Å². The van der Waals surface area contributed by atoms with Crippen molar-refractivity contribution in [3.63, 3.8) is 0 Å². The van der Waals surface area contributed by atoms with Gasteiger partial charge >= 0.3 is 5.97 Å². The van der Waals surface area contributed by atoms with Gasteiger partial charge in [-0.1, -0.05) is 18.2 Å². The van der Waals surface area contributed by atoms with Gasteiger partial charge in [0.15, 0.2) is 6.61 Å². The van der Waals surface area contributed by atoms with Crippen LogP contribution in [0.15, 0.2) is 53.4 Å². The van der Waals surface area contributed by atoms with Gasteiger partial charge in [0.2, 0.25) is 10.0 Å². The van der Waals surface area contributed by atoms with Crippen LogP contribution in [0.2, 0.25) is 0 Å². The van der Waals surface area contributed by atoms with Gasteiger partial charge in [-0.25, -0.2) is 17.9 Å². The summed E-state index contributed by atoms with van der Waals surface area (Å²) < 4.78 is 36.0. The van der Waals surface area contributed by atoms with Crippen molar-refractivity contribution in [2.45, 2.75) is 4.90 Å². The van der Waals surface area contributed by atoms with Crippen molar-refractivity contribution >= 4 is 27.8 Å². The summed E-state index contributed by atoms with van der Waals surface area (Å²) in [6.45, 7) is -0.711. The van der Waals surface area contributed by atoms with E-state index in [4.69, 9.17) is 9.47 Å². The smallest absolute Gasteiger partial charge is 0.338 e. The molecule has 2 N–H and O–H groups in total. The summed E-state index contributed by atoms with van der Waals surface area (Å²) in [6, 6.07) is 11.7. The van der Waals surface area contributed by atoms with E-state index >= 15 is 0 Å². The first-order chi connectivity index (χ1) is 13.3. The molecule has 0 aliphatic carbocycles. The van der Waals surface area contributed by atoms with Gasteiger partial charge in [0.05, 0.1) is 12.7 Å². The van der Waals surface area contributed by atoms with Crippen LogP contribution in [-0.2, 0) is 19.6 Å². The number of ether oxygens (including phenoxy) is 2. The molecule has 28 heavy (non-hydrogen) atoms. The van der Waals surface area contributed by atoms with E-state index in [1.165, 1.54) is 38.4 Å². The van der Waals surface area contributed by atoms with Crippen LogP contribution in [0.5, 0.6) is 5.75 Å². The average Bonchev–Trinajstić information content (AvgIpc) is 2.72. The highest BCUT2D eigenvalue weighted by molar-refractivity contribution is 7.89. The number of imide groups is 1. The quantitative estimate of drug-likeness (QED) is 0.648. The second-order valence-corrected chi connectivity index (χ2v) is 7.25. The van der Waals surface area contributed by atoms with Gasteiger partial charge in [-0.3, -0.25) is 14.9 Å². The van der Waals surface area contributed by atoms with Gasteiger partial charge in [0.1, 0.15) is 10.6 Å². The Balaban J connectivity index is 2.04. The third-order valence-electron chi connectivity index (χ3n) is 3.58. The maximum absolute atomic E-state index is 12.1. The minimum Gasteiger partial charge on any atom is -0.495 e. The van der Waals surface area contributed by atoms with Gasteiger partial charge in [-0.2, -0.15) is 0 Å². The van der Waals surface area contributed by atoms with Crippen LogP contribution in [0, 0.1) is 0 Å². The predicted octanol–water partition coefficient (Wildman–Crippen LogP) is 0.717. The van der Waals surface area contributed by atoms with E-state index in [9.17, 15) is 22.8 Å². The Morgan fingerprint density at radius 1 is 1.00 bits per heavy atom. The molecule has 9 nitrogen and oxygen atoms in total. The zero-order valence-electron chi connectivity index (χ0n) is 15.1. The Bertz CT molecular complexity index is 988. The fourth-order valence-electron chi connectivity index (χ4n) is 2.16. The van der Waals surface area contributed by atoms with Crippen molar-refractivity contribution in [3.8, 4) is 5.75 Å². The summed E-state index contributed by atoms with van der Waals surface area (Å²) in [5.74, 6) is -2.35. The van der Waals surface area contributed by atoms with Crippen molar-refractivity contribution in [2.75, 3.05) is 20.8 Å². The van der Waals surface area contributed by atoms with E-state index in [0.29, 0.717) is 0 Å². The van der Waals surface area contributed by atoms with Crippen molar-refractivity contribution in [2.24, 2.45) is 0 Å². The highest BCUT2D eigenvalue weighted by Gasteiger charge is 2.21. The Labute approximate surface area is 161 Å². The molecule has 0 radical (unpaired) electrons. The van der Waals surface area contributed by atoms with Crippen molar-refractivity contribution in [1.82, 2.24) is 10.0 Å². The molecule has 0 saturated carbocycles. The molecule has 0 aliphatic rings. The van der Waals surface area contributed by atoms with E-state index in [1.54, 1.807) is 18.2 Å². The van der Waals surface area contributed by atoms with Crippen LogP contribution in [0.1, 0.15) is 20.7 Å². The molecule has 0 aliphatic heterocycles. The number of sulfonamides is 1. The molecule has 0 saturated heterocycles. The topological polar surface area (TPSA) is 128 Å². The highest BCUT2D eigenvalue weighted by Crippen LogP contribution is 2.24. The normalized spacial score (nSPS) is 10.8. The zero-order valence-corrected chi connectivity index (χ0v) is 15.9. The Kier molecular flexibility index (Phi) is 6.85. The third kappa shape index (κ3) is 5.15. The first-order valence-electron chi connectivity index (χ1n) is 7.96. The standard InChI is InChI=1S/C18H18N2O7S/c1-19-28(24,25)15-10-13(8-9-14(15)26-2)18(23)27-11-16(21)20-17(22)12-6-4-3-5-7-12/h3-10,19H,11H2,1-2H3,(H,20,21,22). The minimum absolute atomic E-state index is 0.0390. The fraction of sp³-hybridized carbons (Fsp3) is 0.167. The second-order valence-electron chi connectivity index (χ2n) is 5.39. The minimum atomic E-state index is -3.88. The number of nitrogens with one attached hydrogen (secondary N) is 2. The van der Waals surface area contributed by atoms with E-state index in [1.807, 2.05) is 0 Å². The number of hydrogen-bond donors (Lipinski definition) is 2. The number of carbonyl (C=O) groups is 3. The lowest BCUT2D eigenvalue weighted by Crippen LogP contribution is -2.34. The second kappa shape index (κ2) is 9.11. The van der Waals surface area contributed by atoms with Crippen LogP contribution in [-0.4, -0.2) is 47.0 Å². The van der Waals surface area contributed by atoms with Gasteiger partial charge in [-0.15, -0.1) is 0 Å². The lowest BCUT2D eigenvalue weighted by Gasteiger charge is -2.11. The Morgan fingerprint density at radius 2 is 1.68 bits per heavy atom. The van der Waals surface area contributed by atoms with Crippen LogP contribution < -0.4 is 14.8 Å². The number of esters is 1. The molecule has 0 aromatic heterocycles. The molecule has 10 heteroatoms. The summed E-state index contributed by atoms with van der Waals surface area (Å²) in [7, 11) is -1.38. The first-order valence-corrected chi connectivity index (χ1v) is 9.44. The number of rotatable bonds is 7. The van der Waals surface area contributed by atoms with E-state index < -0.39 is 34.4 Å². The predicted molar refractivity (Wildman–Crippen MR) is 98.4 cm³/mol. The monoisotopic (exact) mass is 406 g/mol. The maximum Gasteiger partial charge on any atom is 0.338 e. The van der Waals surface area contributed by atoms with Gasteiger partial charge in [-0.05, 0) is 37.4 Å². The first kappa shape index (κ1) is 21.1. The van der Waals surface area contributed by atoms with E-state index in [0.717, 1.165) is 6.07 Å². The molecule has 0 bridgehead atoms. The number of carbonyl (C=O) groups excluding carboxylic acids is 3. The highest BCUT2D eigenvalue weighted by atomic mass is 32.2. The average molecular weight is 406 g/mol. The van der Waals surface area contributed by atoms with E-state index in [-0.39, 0.29) is 21.8 Å². The summed E-state index contributed by atoms with van der Waals surface area (Å²) >= 11 is 0. The molecule has 148 valence electrons. The Morgan fingerprint density at radius 3 is 2.29 bits per heavy atom. The molecule has 0 fully saturated rings. The molecular formula is C18H18N2O7S. The SMILES string of the molecule is CNS(=O)(=O)c1cc(C(=O)OCC(=O)NC(=O)c2ccccc2)ccc1OC. The van der Waals surface area contributed by atoms with Gasteiger partial charge < -0.3 is 9.47 Å². The summed E-state index contributed by atoms with van der Waals surface area (Å²) in [5.41, 5.74) is 0.177. The lowest BCUT2D eigenvalue weighted by molar-refractivity contribution is -0.123. The molecular weight excluding hydrogens is 388 g/mol. The number of hydrogen-bond acceptors (Lipinski definition) is 7. The summed E-state index contributed by atoms with van der Waals surface area (Å²) in [6.07, 6.45) is 0. The molecule has 2 aromatic carbocycles. The van der Waals surface area contributed by atoms with Crippen molar-refractivity contribution in [1.29, 1.82) is 0 Å². The molecule has 0 spiro atoms. The van der Waals surface area contributed by atoms with Crippen LogP contribution in [0.3, 0.4) is 0 Å². The molecule has 0 unspecified atom stereocenters. The van der Waals surface area contributed by atoms with Gasteiger partial charge in [0, 0.05) is 5.56 Å². The molecule has 0 atom stereocenters. The summed E-state index contributed by atoms with van der Waals surface area (Å²) in [4.78, 5) is 35.5. The molecule has 2 rings (SSSR count). The number of benzene rings is 2. The lowest BCUT2D eigenvalue weighted by atomic mass is 10.2.